The highest BCUT2D eigenvalue weighted by Gasteiger charge is 2.29. The zero-order valence-corrected chi connectivity index (χ0v) is 18.4. The van der Waals surface area contributed by atoms with Crippen LogP contribution in [0.2, 0.25) is 0 Å². The van der Waals surface area contributed by atoms with Crippen LogP contribution in [0.5, 0.6) is 11.5 Å². The van der Waals surface area contributed by atoms with Crippen LogP contribution < -0.4 is 10.1 Å². The molecule has 3 aromatic rings. The fraction of sp³-hybridized carbons (Fsp3) is 0.269. The molecule has 31 heavy (non-hydrogen) atoms. The summed E-state index contributed by atoms with van der Waals surface area (Å²) >= 11 is 5.69. The highest BCUT2D eigenvalue weighted by atomic mass is 32.1. The smallest absolute Gasteiger partial charge is 0.173 e. The maximum absolute atomic E-state index is 5.86. The lowest BCUT2D eigenvalue weighted by Crippen LogP contribution is -2.53. The van der Waals surface area contributed by atoms with E-state index in [-0.39, 0.29) is 0 Å². The lowest BCUT2D eigenvalue weighted by atomic mass is 10.1. The Bertz CT molecular complexity index is 1010. The van der Waals surface area contributed by atoms with Crippen molar-refractivity contribution < 1.29 is 4.74 Å². The number of rotatable bonds is 4. The molecule has 0 radical (unpaired) electrons. The van der Waals surface area contributed by atoms with Gasteiger partial charge >= 0.3 is 0 Å². The predicted molar refractivity (Wildman–Crippen MR) is 130 cm³/mol. The summed E-state index contributed by atoms with van der Waals surface area (Å²) in [5.74, 6) is 1.65. The zero-order valence-electron chi connectivity index (χ0n) is 17.5. The van der Waals surface area contributed by atoms with Crippen LogP contribution in [0.1, 0.15) is 11.1 Å². The highest BCUT2D eigenvalue weighted by Crippen LogP contribution is 2.26. The normalized spacial score (nSPS) is 16.7. The van der Waals surface area contributed by atoms with Crippen LogP contribution in [-0.4, -0.2) is 47.1 Å². The van der Waals surface area contributed by atoms with Crippen molar-refractivity contribution in [3.05, 3.63) is 90.0 Å². The van der Waals surface area contributed by atoms with E-state index in [4.69, 9.17) is 17.0 Å². The third-order valence-electron chi connectivity index (χ3n) is 6.23. The summed E-state index contributed by atoms with van der Waals surface area (Å²) in [5, 5.41) is 4.18. The fourth-order valence-corrected chi connectivity index (χ4v) is 4.82. The van der Waals surface area contributed by atoms with Gasteiger partial charge in [0.2, 0.25) is 0 Å². The van der Waals surface area contributed by atoms with Gasteiger partial charge in [0, 0.05) is 37.9 Å². The van der Waals surface area contributed by atoms with Gasteiger partial charge in [0.15, 0.2) is 5.11 Å². The van der Waals surface area contributed by atoms with E-state index in [2.05, 4.69) is 39.4 Å². The summed E-state index contributed by atoms with van der Waals surface area (Å²) in [6.07, 6.45) is 2.35. The molecular formula is C26H27N3OS. The third-order valence-corrected chi connectivity index (χ3v) is 6.59. The van der Waals surface area contributed by atoms with E-state index in [0.29, 0.717) is 6.04 Å². The van der Waals surface area contributed by atoms with Gasteiger partial charge in [-0.2, -0.15) is 0 Å². The van der Waals surface area contributed by atoms with Gasteiger partial charge in [0.05, 0.1) is 0 Å². The molecular weight excluding hydrogens is 402 g/mol. The van der Waals surface area contributed by atoms with E-state index >= 15 is 0 Å². The van der Waals surface area contributed by atoms with Gasteiger partial charge in [-0.3, -0.25) is 4.90 Å². The number of ether oxygens (including phenoxy) is 1. The maximum atomic E-state index is 5.86. The minimum absolute atomic E-state index is 0.637. The van der Waals surface area contributed by atoms with Crippen molar-refractivity contribution in [2.75, 3.05) is 31.5 Å². The van der Waals surface area contributed by atoms with Gasteiger partial charge in [0.25, 0.3) is 0 Å². The molecule has 0 atom stereocenters. The molecule has 2 aliphatic rings. The number of anilines is 1. The molecule has 4 nitrogen and oxygen atoms in total. The maximum Gasteiger partial charge on any atom is 0.173 e. The molecule has 0 unspecified atom stereocenters. The summed E-state index contributed by atoms with van der Waals surface area (Å²) in [6, 6.07) is 27.3. The number of hydrogen-bond acceptors (Lipinski definition) is 3. The van der Waals surface area contributed by atoms with Crippen molar-refractivity contribution in [3.8, 4) is 11.5 Å². The number of fused-ring (bicyclic) bond motifs is 1. The van der Waals surface area contributed by atoms with Crippen molar-refractivity contribution in [1.82, 2.24) is 9.80 Å². The average molecular weight is 430 g/mol. The molecule has 0 spiro atoms. The van der Waals surface area contributed by atoms with Gasteiger partial charge in [-0.05, 0) is 72.6 Å². The predicted octanol–water partition coefficient (Wildman–Crippen LogP) is 4.96. The zero-order chi connectivity index (χ0) is 21.0. The Morgan fingerprint density at radius 1 is 0.742 bits per heavy atom. The van der Waals surface area contributed by atoms with Crippen molar-refractivity contribution in [2.24, 2.45) is 0 Å². The Morgan fingerprint density at radius 2 is 1.32 bits per heavy atom. The standard InChI is InChI=1S/C26H27N3OS/c31-26(27-22-10-12-25(13-11-22)30-24-8-2-1-3-9-24)29-16-14-28(15-17-29)23-18-20-6-4-5-7-21(20)19-23/h1-13,23H,14-19H2,(H,27,31). The highest BCUT2D eigenvalue weighted by molar-refractivity contribution is 7.80. The molecule has 1 N–H and O–H groups in total. The molecule has 5 heteroatoms. The van der Waals surface area contributed by atoms with E-state index in [1.165, 1.54) is 24.0 Å². The van der Waals surface area contributed by atoms with Crippen molar-refractivity contribution in [2.45, 2.75) is 18.9 Å². The average Bonchev–Trinajstić information content (AvgIpc) is 3.25. The lowest BCUT2D eigenvalue weighted by Gasteiger charge is -2.39. The quantitative estimate of drug-likeness (QED) is 0.592. The van der Waals surface area contributed by atoms with Crippen LogP contribution in [0.25, 0.3) is 0 Å². The Balaban J connectivity index is 1.11. The first-order valence-electron chi connectivity index (χ1n) is 10.9. The first-order chi connectivity index (χ1) is 15.2. The second-order valence-corrected chi connectivity index (χ2v) is 8.61. The van der Waals surface area contributed by atoms with E-state index in [0.717, 1.165) is 48.5 Å². The molecule has 0 aromatic heterocycles. The number of nitrogens with one attached hydrogen (secondary N) is 1. The van der Waals surface area contributed by atoms with E-state index in [1.54, 1.807) is 0 Å². The monoisotopic (exact) mass is 429 g/mol. The van der Waals surface area contributed by atoms with Gasteiger partial charge in [-0.25, -0.2) is 0 Å². The SMILES string of the molecule is S=C(Nc1ccc(Oc2ccccc2)cc1)N1CCN(C2Cc3ccccc3C2)CC1. The Morgan fingerprint density at radius 3 is 1.97 bits per heavy atom. The molecule has 1 aliphatic heterocycles. The fourth-order valence-electron chi connectivity index (χ4n) is 4.52. The molecule has 0 bridgehead atoms. The summed E-state index contributed by atoms with van der Waals surface area (Å²) in [4.78, 5) is 4.91. The molecule has 0 saturated carbocycles. The Hall–Kier alpha value is -2.89. The summed E-state index contributed by atoms with van der Waals surface area (Å²) < 4.78 is 5.86. The van der Waals surface area contributed by atoms with Gasteiger partial charge in [-0.1, -0.05) is 42.5 Å². The first-order valence-corrected chi connectivity index (χ1v) is 11.4. The molecule has 0 amide bonds. The number of para-hydroxylation sites is 1. The molecule has 3 aromatic carbocycles. The van der Waals surface area contributed by atoms with Crippen LogP contribution in [0, 0.1) is 0 Å². The second-order valence-electron chi connectivity index (χ2n) is 8.22. The largest absolute Gasteiger partial charge is 0.457 e. The van der Waals surface area contributed by atoms with Crippen LogP contribution >= 0.6 is 12.2 Å². The molecule has 1 aliphatic carbocycles. The molecule has 1 fully saturated rings. The first kappa shape index (κ1) is 20.0. The number of thiocarbonyl (C=S) groups is 1. The van der Waals surface area contributed by atoms with Crippen LogP contribution in [-0.2, 0) is 12.8 Å². The number of hydrogen-bond donors (Lipinski definition) is 1. The van der Waals surface area contributed by atoms with Gasteiger partial charge in [0.1, 0.15) is 11.5 Å². The van der Waals surface area contributed by atoms with Gasteiger partial charge in [-0.15, -0.1) is 0 Å². The molecule has 1 heterocycles. The summed E-state index contributed by atoms with van der Waals surface area (Å²) in [6.45, 7) is 4.05. The number of nitrogens with zero attached hydrogens (tertiary/aromatic N) is 2. The minimum Gasteiger partial charge on any atom is -0.457 e. The number of piperazine rings is 1. The third kappa shape index (κ3) is 4.73. The topological polar surface area (TPSA) is 27.7 Å². The van der Waals surface area contributed by atoms with Crippen molar-refractivity contribution >= 4 is 23.0 Å². The van der Waals surface area contributed by atoms with Crippen LogP contribution in [0.3, 0.4) is 0 Å². The van der Waals surface area contributed by atoms with E-state index in [1.807, 2.05) is 54.6 Å². The Labute approximate surface area is 189 Å². The summed E-state index contributed by atoms with van der Waals surface area (Å²) in [5.41, 5.74) is 4.03. The minimum atomic E-state index is 0.637. The van der Waals surface area contributed by atoms with E-state index < -0.39 is 0 Å². The van der Waals surface area contributed by atoms with Crippen molar-refractivity contribution in [1.29, 1.82) is 0 Å². The van der Waals surface area contributed by atoms with E-state index in [9.17, 15) is 0 Å². The Kier molecular flexibility index (Phi) is 5.87. The van der Waals surface area contributed by atoms with Gasteiger partial charge < -0.3 is 15.0 Å². The number of benzene rings is 3. The lowest BCUT2D eigenvalue weighted by molar-refractivity contribution is 0.137. The summed E-state index contributed by atoms with van der Waals surface area (Å²) in [7, 11) is 0. The molecule has 158 valence electrons. The second kappa shape index (κ2) is 9.08. The van der Waals surface area contributed by atoms with Crippen LogP contribution in [0.4, 0.5) is 5.69 Å². The van der Waals surface area contributed by atoms with Crippen molar-refractivity contribution in [3.63, 3.8) is 0 Å². The van der Waals surface area contributed by atoms with Crippen LogP contribution in [0.15, 0.2) is 78.9 Å². The molecule has 5 rings (SSSR count). The molecule has 1 saturated heterocycles.